The Labute approximate surface area is 186 Å². The third-order valence-electron chi connectivity index (χ3n) is 6.57. The van der Waals surface area contributed by atoms with Gasteiger partial charge >= 0.3 is 6.18 Å². The molecule has 0 radical (unpaired) electrons. The van der Waals surface area contributed by atoms with E-state index in [2.05, 4.69) is 31.2 Å². The number of piperazine rings is 1. The molecule has 1 aromatic heterocycles. The molecule has 3 aliphatic heterocycles. The molecule has 31 heavy (non-hydrogen) atoms. The second kappa shape index (κ2) is 7.81. The van der Waals surface area contributed by atoms with E-state index in [0.717, 1.165) is 36.2 Å². The Morgan fingerprint density at radius 3 is 2.68 bits per heavy atom. The smallest absolute Gasteiger partial charge is 0.362 e. The van der Waals surface area contributed by atoms with Crippen molar-refractivity contribution < 1.29 is 18.0 Å². The molecular formula is C21H23BrF3N5O. The minimum absolute atomic E-state index is 0.0388. The predicted molar refractivity (Wildman–Crippen MR) is 113 cm³/mol. The second-order valence-electron chi connectivity index (χ2n) is 8.44. The summed E-state index contributed by atoms with van der Waals surface area (Å²) in [6.45, 7) is 3.00. The zero-order valence-corrected chi connectivity index (χ0v) is 18.4. The molecule has 3 aliphatic rings. The maximum atomic E-state index is 13.9. The molecular weight excluding hydrogens is 475 g/mol. The summed E-state index contributed by atoms with van der Waals surface area (Å²) in [6.07, 6.45) is -2.51. The quantitative estimate of drug-likeness (QED) is 0.674. The number of halogens is 4. The molecule has 166 valence electrons. The van der Waals surface area contributed by atoms with Crippen LogP contribution in [-0.2, 0) is 0 Å². The van der Waals surface area contributed by atoms with E-state index < -0.39 is 18.3 Å². The lowest BCUT2D eigenvalue weighted by Gasteiger charge is -2.37. The van der Waals surface area contributed by atoms with Gasteiger partial charge in [-0.1, -0.05) is 30.3 Å². The van der Waals surface area contributed by atoms with Gasteiger partial charge in [-0.2, -0.15) is 18.3 Å². The van der Waals surface area contributed by atoms with E-state index in [1.807, 2.05) is 6.07 Å². The molecule has 0 saturated carbocycles. The van der Waals surface area contributed by atoms with Crippen LogP contribution in [-0.4, -0.2) is 63.9 Å². The van der Waals surface area contributed by atoms with Gasteiger partial charge in [0.1, 0.15) is 5.82 Å². The summed E-state index contributed by atoms with van der Waals surface area (Å²) in [5, 5.41) is 7.34. The lowest BCUT2D eigenvalue weighted by molar-refractivity contribution is -0.173. The molecule has 5 rings (SSSR count). The summed E-state index contributed by atoms with van der Waals surface area (Å²) in [5.41, 5.74) is 0.804. The maximum absolute atomic E-state index is 13.9. The van der Waals surface area contributed by atoms with Crippen LogP contribution < -0.4 is 5.32 Å². The number of aromatic nitrogens is 2. The lowest BCUT2D eigenvalue weighted by atomic mass is 9.97. The summed E-state index contributed by atoms with van der Waals surface area (Å²) in [7, 11) is 0. The van der Waals surface area contributed by atoms with Gasteiger partial charge in [-0.25, -0.2) is 4.68 Å². The molecule has 2 aromatic rings. The highest BCUT2D eigenvalue weighted by atomic mass is 79.9. The Bertz CT molecular complexity index is 979. The van der Waals surface area contributed by atoms with Crippen molar-refractivity contribution in [2.45, 2.75) is 43.6 Å². The van der Waals surface area contributed by atoms with Gasteiger partial charge in [0, 0.05) is 32.1 Å². The average molecular weight is 498 g/mol. The number of alkyl halides is 3. The molecule has 1 amide bonds. The van der Waals surface area contributed by atoms with Gasteiger partial charge in [0.15, 0.2) is 11.7 Å². The highest BCUT2D eigenvalue weighted by Crippen LogP contribution is 2.46. The van der Waals surface area contributed by atoms with Crippen LogP contribution in [0.2, 0.25) is 0 Å². The number of hydrogen-bond donors (Lipinski definition) is 1. The third-order valence-corrected chi connectivity index (χ3v) is 7.33. The summed E-state index contributed by atoms with van der Waals surface area (Å²) in [5.74, 6) is -0.121. The number of amides is 1. The molecule has 0 bridgehead atoms. The van der Waals surface area contributed by atoms with E-state index in [-0.39, 0.29) is 23.8 Å². The van der Waals surface area contributed by atoms with Crippen LogP contribution >= 0.6 is 15.9 Å². The molecule has 1 aromatic carbocycles. The fourth-order valence-corrected chi connectivity index (χ4v) is 5.50. The number of benzene rings is 1. The number of rotatable bonds is 2. The Morgan fingerprint density at radius 1 is 1.16 bits per heavy atom. The third kappa shape index (κ3) is 3.73. The van der Waals surface area contributed by atoms with E-state index in [1.165, 1.54) is 0 Å². The first kappa shape index (κ1) is 20.8. The molecule has 0 spiro atoms. The van der Waals surface area contributed by atoms with E-state index in [0.29, 0.717) is 23.6 Å². The van der Waals surface area contributed by atoms with Crippen LogP contribution in [0.5, 0.6) is 0 Å². The van der Waals surface area contributed by atoms with E-state index >= 15 is 0 Å². The minimum Gasteiger partial charge on any atom is -0.362 e. The molecule has 4 heterocycles. The van der Waals surface area contributed by atoms with Crippen molar-refractivity contribution in [1.82, 2.24) is 19.6 Å². The van der Waals surface area contributed by atoms with Gasteiger partial charge in [0.05, 0.1) is 10.5 Å². The summed E-state index contributed by atoms with van der Waals surface area (Å²) >= 11 is 3.38. The van der Waals surface area contributed by atoms with Gasteiger partial charge in [-0.15, -0.1) is 0 Å². The van der Waals surface area contributed by atoms with Gasteiger partial charge in [-0.05, 0) is 40.9 Å². The summed E-state index contributed by atoms with van der Waals surface area (Å²) < 4.78 is 43.1. The summed E-state index contributed by atoms with van der Waals surface area (Å²) in [6, 6.07) is 7.04. The van der Waals surface area contributed by atoms with Crippen molar-refractivity contribution in [2.24, 2.45) is 0 Å². The monoisotopic (exact) mass is 497 g/mol. The molecule has 0 unspecified atom stereocenters. The standard InChI is InChI=1S/C21H23BrF3N5O/c22-17-18(20(31)29-10-9-28-8-4-7-14(28)12-29)27-30-16(21(23,24)25)11-15(26-19(17)30)13-5-2-1-3-6-13/h1-3,5-6,14-16,26H,4,7-12H2/t14-,15+,16-/m1/s1. The Balaban J connectivity index is 1.47. The van der Waals surface area contributed by atoms with Crippen molar-refractivity contribution in [3.05, 3.63) is 46.1 Å². The van der Waals surface area contributed by atoms with Crippen molar-refractivity contribution in [1.29, 1.82) is 0 Å². The minimum atomic E-state index is -4.48. The van der Waals surface area contributed by atoms with Crippen molar-refractivity contribution in [3.63, 3.8) is 0 Å². The van der Waals surface area contributed by atoms with Gasteiger partial charge in [0.25, 0.3) is 5.91 Å². The van der Waals surface area contributed by atoms with Crippen molar-refractivity contribution >= 4 is 27.7 Å². The summed E-state index contributed by atoms with van der Waals surface area (Å²) in [4.78, 5) is 17.3. The molecule has 0 aliphatic carbocycles. The number of nitrogens with zero attached hydrogens (tertiary/aromatic N) is 4. The van der Waals surface area contributed by atoms with Gasteiger partial charge in [-0.3, -0.25) is 9.69 Å². The fourth-order valence-electron chi connectivity index (χ4n) is 4.96. The van der Waals surface area contributed by atoms with Crippen LogP contribution in [0.15, 0.2) is 34.8 Å². The Morgan fingerprint density at radius 2 is 1.94 bits per heavy atom. The SMILES string of the molecule is O=C(c1nn2c(c1Br)N[C@H](c1ccccc1)C[C@@H]2C(F)(F)F)N1CCN2CCC[C@@H]2C1. The fraction of sp³-hybridized carbons (Fsp3) is 0.524. The van der Waals surface area contributed by atoms with Crippen LogP contribution in [0, 0.1) is 0 Å². The van der Waals surface area contributed by atoms with Crippen molar-refractivity contribution in [2.75, 3.05) is 31.5 Å². The molecule has 10 heteroatoms. The first-order chi connectivity index (χ1) is 14.8. The number of fused-ring (bicyclic) bond motifs is 2. The zero-order chi connectivity index (χ0) is 21.8. The predicted octanol–water partition coefficient (Wildman–Crippen LogP) is 4.23. The van der Waals surface area contributed by atoms with E-state index in [9.17, 15) is 18.0 Å². The maximum Gasteiger partial charge on any atom is 0.410 e. The molecule has 1 N–H and O–H groups in total. The largest absolute Gasteiger partial charge is 0.410 e. The van der Waals surface area contributed by atoms with Crippen molar-refractivity contribution in [3.8, 4) is 0 Å². The lowest BCUT2D eigenvalue weighted by Crippen LogP contribution is -2.52. The normalized spacial score (nSPS) is 26.3. The van der Waals surface area contributed by atoms with Gasteiger partial charge < -0.3 is 10.2 Å². The van der Waals surface area contributed by atoms with Crippen LogP contribution in [0.4, 0.5) is 19.0 Å². The zero-order valence-electron chi connectivity index (χ0n) is 16.8. The number of nitrogens with one attached hydrogen (secondary N) is 1. The van der Waals surface area contributed by atoms with E-state index in [4.69, 9.17) is 0 Å². The van der Waals surface area contributed by atoms with E-state index in [1.54, 1.807) is 29.2 Å². The number of carbonyl (C=O) groups excluding carboxylic acids is 1. The molecule has 2 fully saturated rings. The Hall–Kier alpha value is -2.07. The topological polar surface area (TPSA) is 53.4 Å². The van der Waals surface area contributed by atoms with Crippen LogP contribution in [0.3, 0.4) is 0 Å². The molecule has 6 nitrogen and oxygen atoms in total. The molecule has 3 atom stereocenters. The average Bonchev–Trinajstić information content (AvgIpc) is 3.36. The molecule has 2 saturated heterocycles. The Kier molecular flexibility index (Phi) is 5.24. The number of carbonyl (C=O) groups is 1. The first-order valence-electron chi connectivity index (χ1n) is 10.5. The van der Waals surface area contributed by atoms with Crippen LogP contribution in [0.25, 0.3) is 0 Å². The highest BCUT2D eigenvalue weighted by molar-refractivity contribution is 9.10. The highest BCUT2D eigenvalue weighted by Gasteiger charge is 2.48. The second-order valence-corrected chi connectivity index (χ2v) is 9.23. The van der Waals surface area contributed by atoms with Gasteiger partial charge in [0.2, 0.25) is 0 Å². The number of hydrogen-bond acceptors (Lipinski definition) is 4. The first-order valence-corrected chi connectivity index (χ1v) is 11.3. The van der Waals surface area contributed by atoms with Crippen LogP contribution in [0.1, 0.15) is 47.4 Å². The number of anilines is 1.